The maximum atomic E-state index is 11.1. The number of esters is 1. The third-order valence-electron chi connectivity index (χ3n) is 3.02. The van der Waals surface area contributed by atoms with Crippen molar-refractivity contribution in [2.75, 3.05) is 68.5 Å². The zero-order chi connectivity index (χ0) is 20.3. The topological polar surface area (TPSA) is 55.4 Å². The van der Waals surface area contributed by atoms with Gasteiger partial charge in [-0.25, -0.2) is 4.79 Å². The average Bonchev–Trinajstić information content (AvgIpc) is 2.41. The van der Waals surface area contributed by atoms with Gasteiger partial charge in [-0.15, -0.1) is 0 Å². The van der Waals surface area contributed by atoms with E-state index in [4.69, 9.17) is 4.74 Å². The normalized spacial score (nSPS) is 11.0. The monoisotopic (exact) mass is 357 g/mol. The molecule has 0 saturated heterocycles. The fraction of sp³-hybridized carbons (Fsp3) is 0.684. The molecule has 0 bridgehead atoms. The van der Waals surface area contributed by atoms with Crippen molar-refractivity contribution < 1.29 is 23.3 Å². The maximum absolute atomic E-state index is 11.1. The molecule has 0 saturated carbocycles. The molecule has 146 valence electrons. The number of hydrogen-bond acceptors (Lipinski definition) is 3. The van der Waals surface area contributed by atoms with Gasteiger partial charge in [0.05, 0.1) is 48.8 Å². The van der Waals surface area contributed by atoms with Crippen LogP contribution in [-0.2, 0) is 14.3 Å². The Balaban J connectivity index is 0. The van der Waals surface area contributed by atoms with E-state index in [0.29, 0.717) is 17.8 Å². The highest BCUT2D eigenvalue weighted by Crippen LogP contribution is 1.95. The van der Waals surface area contributed by atoms with Gasteiger partial charge in [0.25, 0.3) is 0 Å². The van der Waals surface area contributed by atoms with E-state index in [2.05, 4.69) is 60.8 Å². The van der Waals surface area contributed by atoms with Gasteiger partial charge in [0.1, 0.15) is 13.2 Å². The largest absolute Gasteiger partial charge is 0.456 e. The lowest BCUT2D eigenvalue weighted by molar-refractivity contribution is -0.870. The fourth-order valence-corrected chi connectivity index (χ4v) is 1.44. The number of ether oxygens (including phenoxy) is 1. The smallest absolute Gasteiger partial charge is 0.333 e. The van der Waals surface area contributed by atoms with Crippen LogP contribution in [0.1, 0.15) is 20.3 Å². The molecule has 0 aromatic carbocycles. The molecule has 0 aliphatic rings. The van der Waals surface area contributed by atoms with E-state index in [1.165, 1.54) is 0 Å². The lowest BCUT2D eigenvalue weighted by Gasteiger charge is -2.23. The number of hydrogen-bond donors (Lipinski definition) is 1. The summed E-state index contributed by atoms with van der Waals surface area (Å²) < 4.78 is 6.65. The van der Waals surface area contributed by atoms with Crippen molar-refractivity contribution in [3.8, 4) is 0 Å². The summed E-state index contributed by atoms with van der Waals surface area (Å²) in [6.45, 7) is 13.5. The summed E-state index contributed by atoms with van der Waals surface area (Å²) in [5, 5.41) is 2.81. The van der Waals surface area contributed by atoms with Crippen molar-refractivity contribution in [2.45, 2.75) is 20.3 Å². The Labute approximate surface area is 154 Å². The molecule has 0 radical (unpaired) electrons. The lowest BCUT2D eigenvalue weighted by atomic mass is 10.3. The minimum Gasteiger partial charge on any atom is -0.456 e. The number of nitrogens with zero attached hydrogens (tertiary/aromatic N) is 2. The Kier molecular flexibility index (Phi) is 12.1. The van der Waals surface area contributed by atoms with Gasteiger partial charge in [-0.05, 0) is 13.8 Å². The third kappa shape index (κ3) is 20.3. The number of carbonyl (C=O) groups is 2. The molecule has 6 heteroatoms. The van der Waals surface area contributed by atoms with Gasteiger partial charge >= 0.3 is 5.97 Å². The van der Waals surface area contributed by atoms with Gasteiger partial charge in [-0.2, -0.15) is 0 Å². The van der Waals surface area contributed by atoms with Gasteiger partial charge < -0.3 is 19.0 Å². The second-order valence-electron chi connectivity index (χ2n) is 8.33. The minimum atomic E-state index is -0.302. The van der Waals surface area contributed by atoms with Gasteiger partial charge in [0.15, 0.2) is 0 Å². The number of quaternary nitrogens is 2. The molecular formula is C19H39N3O3+2. The SMILES string of the molecule is C=C(C)C(=O)NCCC[N+](C)(C)C.C=C(C)C(=O)OCC[N+](C)(C)C. The van der Waals surface area contributed by atoms with Crippen LogP contribution >= 0.6 is 0 Å². The van der Waals surface area contributed by atoms with Crippen LogP contribution in [0.2, 0.25) is 0 Å². The number of rotatable bonds is 9. The first-order valence-corrected chi connectivity index (χ1v) is 8.53. The number of nitrogens with one attached hydrogen (secondary N) is 1. The first-order valence-electron chi connectivity index (χ1n) is 8.53. The van der Waals surface area contributed by atoms with Crippen molar-refractivity contribution in [1.29, 1.82) is 0 Å². The van der Waals surface area contributed by atoms with Gasteiger partial charge in [-0.3, -0.25) is 4.79 Å². The Morgan fingerprint density at radius 3 is 1.72 bits per heavy atom. The van der Waals surface area contributed by atoms with Crippen LogP contribution in [0.3, 0.4) is 0 Å². The fourth-order valence-electron chi connectivity index (χ4n) is 1.44. The second-order valence-corrected chi connectivity index (χ2v) is 8.33. The molecule has 0 atom stereocenters. The lowest BCUT2D eigenvalue weighted by Crippen LogP contribution is -2.38. The van der Waals surface area contributed by atoms with Crippen molar-refractivity contribution in [2.24, 2.45) is 0 Å². The van der Waals surface area contributed by atoms with E-state index < -0.39 is 0 Å². The maximum Gasteiger partial charge on any atom is 0.333 e. The summed E-state index contributed by atoms with van der Waals surface area (Å²) >= 11 is 0. The number of carbonyl (C=O) groups excluding carboxylic acids is 2. The highest BCUT2D eigenvalue weighted by atomic mass is 16.5. The van der Waals surface area contributed by atoms with E-state index >= 15 is 0 Å². The summed E-state index contributed by atoms with van der Waals surface area (Å²) in [5.41, 5.74) is 1.03. The van der Waals surface area contributed by atoms with Crippen LogP contribution in [0.25, 0.3) is 0 Å². The van der Waals surface area contributed by atoms with Gasteiger partial charge in [0.2, 0.25) is 5.91 Å². The average molecular weight is 358 g/mol. The van der Waals surface area contributed by atoms with Crippen LogP contribution in [-0.4, -0.2) is 89.4 Å². The Bertz CT molecular complexity index is 458. The predicted octanol–water partition coefficient (Wildman–Crippen LogP) is 1.59. The molecule has 0 aromatic rings. The molecule has 0 fully saturated rings. The van der Waals surface area contributed by atoms with Crippen molar-refractivity contribution in [1.82, 2.24) is 5.32 Å². The summed E-state index contributed by atoms with van der Waals surface area (Å²) in [7, 11) is 12.6. The third-order valence-corrected chi connectivity index (χ3v) is 3.02. The first-order chi connectivity index (χ1) is 11.2. The molecular weight excluding hydrogens is 318 g/mol. The molecule has 25 heavy (non-hydrogen) atoms. The van der Waals surface area contributed by atoms with Crippen molar-refractivity contribution in [3.63, 3.8) is 0 Å². The molecule has 0 unspecified atom stereocenters. The Morgan fingerprint density at radius 2 is 1.36 bits per heavy atom. The van der Waals surface area contributed by atoms with E-state index in [0.717, 1.165) is 35.0 Å². The van der Waals surface area contributed by atoms with E-state index in [9.17, 15) is 9.59 Å². The molecule has 0 aliphatic carbocycles. The molecule has 0 aromatic heterocycles. The summed E-state index contributed by atoms with van der Waals surface area (Å²) in [6, 6.07) is 0. The second kappa shape index (κ2) is 11.8. The van der Waals surface area contributed by atoms with E-state index in [1.807, 2.05) is 0 Å². The molecule has 0 spiro atoms. The van der Waals surface area contributed by atoms with Crippen molar-refractivity contribution in [3.05, 3.63) is 24.3 Å². The molecule has 6 nitrogen and oxygen atoms in total. The standard InChI is InChI=1S/C10H20N2O.C9H18NO2/c1-9(2)10(13)11-7-6-8-12(3,4)5;1-8(2)9(11)12-7-6-10(3,4)5/h1,6-8H2,2-5H3;1,6-7H2,2-5H3/q;+1/p+1. The van der Waals surface area contributed by atoms with Crippen LogP contribution in [0.5, 0.6) is 0 Å². The zero-order valence-electron chi connectivity index (χ0n) is 17.6. The van der Waals surface area contributed by atoms with Crippen LogP contribution in [0.15, 0.2) is 24.3 Å². The predicted molar refractivity (Wildman–Crippen MR) is 104 cm³/mol. The molecule has 1 N–H and O–H groups in total. The summed E-state index contributed by atoms with van der Waals surface area (Å²) in [5.74, 6) is -0.343. The number of amides is 1. The molecule has 0 rings (SSSR count). The number of likely N-dealkylation sites (N-methyl/N-ethyl adjacent to an activating group) is 1. The Morgan fingerprint density at radius 1 is 0.880 bits per heavy atom. The van der Waals surface area contributed by atoms with Crippen LogP contribution in [0, 0.1) is 0 Å². The van der Waals surface area contributed by atoms with Gasteiger partial charge in [0, 0.05) is 24.1 Å². The van der Waals surface area contributed by atoms with Crippen LogP contribution in [0.4, 0.5) is 0 Å². The van der Waals surface area contributed by atoms with Gasteiger partial charge in [-0.1, -0.05) is 13.2 Å². The molecule has 0 aliphatic heterocycles. The van der Waals surface area contributed by atoms with E-state index in [-0.39, 0.29) is 11.9 Å². The molecule has 0 heterocycles. The summed E-state index contributed by atoms with van der Waals surface area (Å²) in [4.78, 5) is 22.0. The zero-order valence-corrected chi connectivity index (χ0v) is 17.6. The van der Waals surface area contributed by atoms with Crippen LogP contribution < -0.4 is 5.32 Å². The highest BCUT2D eigenvalue weighted by molar-refractivity contribution is 5.92. The first kappa shape index (κ1) is 25.6. The molecule has 1 amide bonds. The van der Waals surface area contributed by atoms with Crippen molar-refractivity contribution >= 4 is 11.9 Å². The minimum absolute atomic E-state index is 0.0404. The highest BCUT2D eigenvalue weighted by Gasteiger charge is 2.09. The quantitative estimate of drug-likeness (QED) is 0.295. The Hall–Kier alpha value is -1.66. The van der Waals surface area contributed by atoms with E-state index in [1.54, 1.807) is 13.8 Å². The summed E-state index contributed by atoms with van der Waals surface area (Å²) in [6.07, 6.45) is 1.00.